The first kappa shape index (κ1) is 22.9. The van der Waals surface area contributed by atoms with E-state index in [9.17, 15) is 0 Å². The standard InChI is InChI=1S/C30H25.2ClH.Zr/c1-2-11-24-18-19-25-20-26(22-12-5-3-6-13-22)21-29(25)30(24)28-17-10-9-16-27(28)23-14-7-4-8-15-23;;;/h3-10,12-21H,2,11H2,1H3;2*1H;/q;;;+2/p-2. The Labute approximate surface area is 211 Å². The molecular formula is C30H25Cl2Zr. The fourth-order valence-electron chi connectivity index (χ4n) is 4.98. The van der Waals surface area contributed by atoms with Gasteiger partial charge in [0.15, 0.2) is 0 Å². The number of fused-ring (bicyclic) bond motifs is 1. The molecule has 0 fully saturated rings. The van der Waals surface area contributed by atoms with Gasteiger partial charge in [-0.15, -0.1) is 0 Å². The molecule has 0 amide bonds. The zero-order valence-corrected chi connectivity index (χ0v) is 22.5. The zero-order chi connectivity index (χ0) is 22.8. The molecule has 0 aliphatic heterocycles. The SMILES string of the molecule is CCCc1ccc2c(c1-c1ccccc1-c1ccccc1)C=C(c1ccccc1)[CH]2[Zr]([Cl])[Cl]. The summed E-state index contributed by atoms with van der Waals surface area (Å²) in [4.78, 5) is 0. The minimum atomic E-state index is -2.66. The molecule has 0 radical (unpaired) electrons. The van der Waals surface area contributed by atoms with Gasteiger partial charge >= 0.3 is 213 Å². The monoisotopic (exact) mass is 545 g/mol. The average molecular weight is 548 g/mol. The van der Waals surface area contributed by atoms with Gasteiger partial charge in [0.2, 0.25) is 0 Å². The van der Waals surface area contributed by atoms with Crippen molar-refractivity contribution in [2.45, 2.75) is 23.4 Å². The molecule has 5 rings (SSSR count). The van der Waals surface area contributed by atoms with Crippen molar-refractivity contribution in [1.82, 2.24) is 0 Å². The Morgan fingerprint density at radius 1 is 0.697 bits per heavy atom. The van der Waals surface area contributed by atoms with Gasteiger partial charge in [0.25, 0.3) is 0 Å². The number of rotatable bonds is 6. The van der Waals surface area contributed by atoms with E-state index < -0.39 is 19.4 Å². The summed E-state index contributed by atoms with van der Waals surface area (Å²) in [5, 5.41) is 0. The van der Waals surface area contributed by atoms with Crippen LogP contribution in [0, 0.1) is 0 Å². The van der Waals surface area contributed by atoms with Crippen LogP contribution in [0.2, 0.25) is 0 Å². The van der Waals surface area contributed by atoms with Crippen molar-refractivity contribution in [3.05, 3.63) is 119 Å². The van der Waals surface area contributed by atoms with Gasteiger partial charge in [0, 0.05) is 0 Å². The van der Waals surface area contributed by atoms with Crippen LogP contribution in [-0.2, 0) is 25.8 Å². The molecule has 0 bridgehead atoms. The Bertz CT molecular complexity index is 1290. The second-order valence-electron chi connectivity index (χ2n) is 8.45. The summed E-state index contributed by atoms with van der Waals surface area (Å²) >= 11 is -2.66. The van der Waals surface area contributed by atoms with Crippen molar-refractivity contribution in [2.75, 3.05) is 0 Å². The van der Waals surface area contributed by atoms with Gasteiger partial charge in [0.1, 0.15) is 0 Å². The molecule has 1 aliphatic carbocycles. The maximum atomic E-state index is 6.80. The predicted molar refractivity (Wildman–Crippen MR) is 140 cm³/mol. The maximum absolute atomic E-state index is 6.80. The van der Waals surface area contributed by atoms with E-state index in [4.69, 9.17) is 17.0 Å². The molecule has 0 saturated carbocycles. The van der Waals surface area contributed by atoms with Crippen LogP contribution in [0.1, 0.15) is 39.2 Å². The molecular weight excluding hydrogens is 522 g/mol. The van der Waals surface area contributed by atoms with E-state index in [-0.39, 0.29) is 3.63 Å². The van der Waals surface area contributed by atoms with Crippen LogP contribution in [0.5, 0.6) is 0 Å². The van der Waals surface area contributed by atoms with Crippen molar-refractivity contribution < 1.29 is 19.4 Å². The quantitative estimate of drug-likeness (QED) is 0.226. The number of aryl methyl sites for hydroxylation is 1. The Morgan fingerprint density at radius 3 is 1.94 bits per heavy atom. The molecule has 4 aromatic rings. The van der Waals surface area contributed by atoms with Gasteiger partial charge in [-0.1, -0.05) is 0 Å². The molecule has 0 spiro atoms. The molecule has 0 N–H and O–H groups in total. The fraction of sp³-hybridized carbons (Fsp3) is 0.133. The Kier molecular flexibility index (Phi) is 7.03. The summed E-state index contributed by atoms with van der Waals surface area (Å²) in [7, 11) is 13.6. The number of hydrogen-bond acceptors (Lipinski definition) is 0. The summed E-state index contributed by atoms with van der Waals surface area (Å²) < 4.78 is 0.145. The molecule has 0 heterocycles. The normalized spacial score (nSPS) is 14.6. The third-order valence-electron chi connectivity index (χ3n) is 6.41. The van der Waals surface area contributed by atoms with E-state index in [0.717, 1.165) is 12.8 Å². The molecule has 1 aliphatic rings. The molecule has 33 heavy (non-hydrogen) atoms. The van der Waals surface area contributed by atoms with Crippen LogP contribution in [0.15, 0.2) is 97.1 Å². The van der Waals surface area contributed by atoms with Crippen molar-refractivity contribution in [2.24, 2.45) is 0 Å². The van der Waals surface area contributed by atoms with Crippen LogP contribution in [0.4, 0.5) is 0 Å². The first-order valence-electron chi connectivity index (χ1n) is 11.4. The van der Waals surface area contributed by atoms with Gasteiger partial charge in [-0.05, 0) is 0 Å². The molecule has 4 aromatic carbocycles. The molecule has 1 atom stereocenters. The first-order chi connectivity index (χ1) is 16.2. The second kappa shape index (κ2) is 10.1. The summed E-state index contributed by atoms with van der Waals surface area (Å²) in [6.07, 6.45) is 4.51. The topological polar surface area (TPSA) is 0 Å². The molecule has 0 aromatic heterocycles. The molecule has 163 valence electrons. The van der Waals surface area contributed by atoms with E-state index in [0.29, 0.717) is 0 Å². The minimum absolute atomic E-state index is 0.145. The van der Waals surface area contributed by atoms with Crippen molar-refractivity contribution in [3.8, 4) is 22.3 Å². The van der Waals surface area contributed by atoms with Gasteiger partial charge in [0.05, 0.1) is 0 Å². The predicted octanol–water partition coefficient (Wildman–Crippen LogP) is 9.49. The third-order valence-corrected chi connectivity index (χ3v) is 11.6. The average Bonchev–Trinajstić information content (AvgIpc) is 3.25. The van der Waals surface area contributed by atoms with Gasteiger partial charge in [-0.2, -0.15) is 0 Å². The van der Waals surface area contributed by atoms with Crippen LogP contribution in [0.25, 0.3) is 33.9 Å². The van der Waals surface area contributed by atoms with Gasteiger partial charge in [-0.3, -0.25) is 0 Å². The Balaban J connectivity index is 1.79. The van der Waals surface area contributed by atoms with Crippen LogP contribution in [0.3, 0.4) is 0 Å². The number of benzene rings is 4. The number of halogens is 2. The summed E-state index contributed by atoms with van der Waals surface area (Å²) in [6.45, 7) is 2.25. The van der Waals surface area contributed by atoms with Crippen LogP contribution >= 0.6 is 17.0 Å². The Hall–Kier alpha value is -1.92. The zero-order valence-electron chi connectivity index (χ0n) is 18.6. The number of allylic oxidation sites excluding steroid dienone is 1. The van der Waals surface area contributed by atoms with Crippen molar-refractivity contribution >= 4 is 28.7 Å². The summed E-state index contributed by atoms with van der Waals surface area (Å²) in [5.74, 6) is 0. The van der Waals surface area contributed by atoms with Gasteiger partial charge < -0.3 is 0 Å². The van der Waals surface area contributed by atoms with E-state index in [1.54, 1.807) is 0 Å². The van der Waals surface area contributed by atoms with E-state index in [1.165, 1.54) is 50.1 Å². The van der Waals surface area contributed by atoms with E-state index in [2.05, 4.69) is 110 Å². The van der Waals surface area contributed by atoms with Crippen LogP contribution in [-0.4, -0.2) is 0 Å². The summed E-state index contributed by atoms with van der Waals surface area (Å²) in [6, 6.07) is 34.7. The Morgan fingerprint density at radius 2 is 1.30 bits per heavy atom. The van der Waals surface area contributed by atoms with E-state index >= 15 is 0 Å². The second-order valence-corrected chi connectivity index (χ2v) is 17.3. The first-order valence-corrected chi connectivity index (χ1v) is 19.2. The molecule has 3 heteroatoms. The van der Waals surface area contributed by atoms with E-state index in [1.807, 2.05) is 0 Å². The third kappa shape index (κ3) is 4.44. The molecule has 0 saturated heterocycles. The van der Waals surface area contributed by atoms with Gasteiger partial charge in [-0.25, -0.2) is 0 Å². The molecule has 0 nitrogen and oxygen atoms in total. The van der Waals surface area contributed by atoms with Crippen molar-refractivity contribution in [1.29, 1.82) is 0 Å². The van der Waals surface area contributed by atoms with Crippen LogP contribution < -0.4 is 0 Å². The molecule has 1 unspecified atom stereocenters. The fourth-order valence-corrected chi connectivity index (χ4v) is 10.1. The summed E-state index contributed by atoms with van der Waals surface area (Å²) in [5.41, 5.74) is 11.6. The number of hydrogen-bond donors (Lipinski definition) is 0. The van der Waals surface area contributed by atoms with Crippen molar-refractivity contribution in [3.63, 3.8) is 0 Å².